The van der Waals surface area contributed by atoms with Gasteiger partial charge >= 0.3 is 0 Å². The molecule has 17 heavy (non-hydrogen) atoms. The van der Waals surface area contributed by atoms with Crippen molar-refractivity contribution in [2.75, 3.05) is 0 Å². The van der Waals surface area contributed by atoms with Crippen molar-refractivity contribution in [1.29, 1.82) is 0 Å². The molecule has 3 nitrogen and oxygen atoms in total. The third-order valence-electron chi connectivity index (χ3n) is 2.33. The number of aromatic nitrogens is 2. The number of halogens is 2. The van der Waals surface area contributed by atoms with Crippen LogP contribution in [0.4, 0.5) is 4.39 Å². The quantitative estimate of drug-likeness (QED) is 0.927. The van der Waals surface area contributed by atoms with Crippen molar-refractivity contribution in [3.63, 3.8) is 0 Å². The number of rotatable bonds is 2. The molecule has 1 heterocycles. The number of aliphatic hydroxyl groups excluding tert-OH is 1. The maximum absolute atomic E-state index is 13.6. The predicted octanol–water partition coefficient (Wildman–Crippen LogP) is 2.77. The highest BCUT2D eigenvalue weighted by Gasteiger charge is 2.16. The molecule has 88 valence electrons. The van der Waals surface area contributed by atoms with Crippen molar-refractivity contribution in [3.05, 3.63) is 57.8 Å². The molecule has 1 aromatic heterocycles. The SMILES string of the molecule is Cc1nccc(C(O)c2cc(Br)ccc2F)n1. The van der Waals surface area contributed by atoms with Crippen molar-refractivity contribution in [3.8, 4) is 0 Å². The molecule has 0 aliphatic carbocycles. The van der Waals surface area contributed by atoms with Gasteiger partial charge in [-0.1, -0.05) is 15.9 Å². The van der Waals surface area contributed by atoms with Crippen molar-refractivity contribution in [2.45, 2.75) is 13.0 Å². The predicted molar refractivity (Wildman–Crippen MR) is 64.9 cm³/mol. The van der Waals surface area contributed by atoms with E-state index in [9.17, 15) is 9.50 Å². The van der Waals surface area contributed by atoms with Crippen molar-refractivity contribution >= 4 is 15.9 Å². The number of aliphatic hydroxyl groups is 1. The second kappa shape index (κ2) is 4.89. The smallest absolute Gasteiger partial charge is 0.129 e. The molecule has 1 N–H and O–H groups in total. The van der Waals surface area contributed by atoms with Crippen molar-refractivity contribution in [1.82, 2.24) is 9.97 Å². The standard InChI is InChI=1S/C12H10BrFN2O/c1-7-15-5-4-11(16-7)12(17)9-6-8(13)2-3-10(9)14/h2-6,12,17H,1H3. The minimum atomic E-state index is -1.09. The third kappa shape index (κ3) is 2.68. The molecule has 1 unspecified atom stereocenters. The molecule has 0 saturated heterocycles. The fourth-order valence-corrected chi connectivity index (χ4v) is 1.89. The van der Waals surface area contributed by atoms with Gasteiger partial charge in [0.25, 0.3) is 0 Å². The fourth-order valence-electron chi connectivity index (χ4n) is 1.51. The first kappa shape index (κ1) is 12.1. The first-order chi connectivity index (χ1) is 8.08. The van der Waals surface area contributed by atoms with Crippen LogP contribution in [0.15, 0.2) is 34.9 Å². The van der Waals surface area contributed by atoms with Gasteiger partial charge in [-0.15, -0.1) is 0 Å². The van der Waals surface area contributed by atoms with E-state index in [2.05, 4.69) is 25.9 Å². The van der Waals surface area contributed by atoms with Crippen LogP contribution in [0, 0.1) is 12.7 Å². The van der Waals surface area contributed by atoms with Gasteiger partial charge in [-0.2, -0.15) is 0 Å². The van der Waals surface area contributed by atoms with Gasteiger partial charge in [0.2, 0.25) is 0 Å². The Hall–Kier alpha value is -1.33. The van der Waals surface area contributed by atoms with Crippen molar-refractivity contribution < 1.29 is 9.50 Å². The van der Waals surface area contributed by atoms with E-state index in [1.165, 1.54) is 18.3 Å². The largest absolute Gasteiger partial charge is 0.382 e. The second-order valence-corrected chi connectivity index (χ2v) is 4.51. The molecule has 0 fully saturated rings. The minimum Gasteiger partial charge on any atom is -0.382 e. The molecule has 0 aliphatic rings. The zero-order chi connectivity index (χ0) is 12.4. The van der Waals surface area contributed by atoms with Gasteiger partial charge in [0.1, 0.15) is 17.7 Å². The van der Waals surface area contributed by atoms with Crippen LogP contribution >= 0.6 is 15.9 Å². The number of hydrogen-bond donors (Lipinski definition) is 1. The normalized spacial score (nSPS) is 12.5. The molecule has 0 saturated carbocycles. The van der Waals surface area contributed by atoms with Gasteiger partial charge in [0.15, 0.2) is 0 Å². The van der Waals surface area contributed by atoms with Gasteiger partial charge in [-0.3, -0.25) is 0 Å². The molecular formula is C12H10BrFN2O. The molecule has 0 amide bonds. The molecule has 0 radical (unpaired) electrons. The van der Waals surface area contributed by atoms with Gasteiger partial charge in [0, 0.05) is 16.2 Å². The lowest BCUT2D eigenvalue weighted by Gasteiger charge is -2.12. The van der Waals surface area contributed by atoms with Crippen LogP contribution in [-0.2, 0) is 0 Å². The van der Waals surface area contributed by atoms with Crippen LogP contribution in [0.5, 0.6) is 0 Å². The topological polar surface area (TPSA) is 46.0 Å². The first-order valence-electron chi connectivity index (χ1n) is 5.00. The molecule has 1 atom stereocenters. The fraction of sp³-hybridized carbons (Fsp3) is 0.167. The highest BCUT2D eigenvalue weighted by molar-refractivity contribution is 9.10. The number of benzene rings is 1. The van der Waals surface area contributed by atoms with Crippen LogP contribution in [0.2, 0.25) is 0 Å². The van der Waals surface area contributed by atoms with E-state index >= 15 is 0 Å². The average Bonchev–Trinajstić information content (AvgIpc) is 2.31. The Kier molecular flexibility index (Phi) is 3.49. The summed E-state index contributed by atoms with van der Waals surface area (Å²) in [6.45, 7) is 1.72. The summed E-state index contributed by atoms with van der Waals surface area (Å²) in [5, 5.41) is 10.1. The zero-order valence-corrected chi connectivity index (χ0v) is 10.6. The summed E-state index contributed by atoms with van der Waals surface area (Å²) in [5.41, 5.74) is 0.576. The molecule has 2 rings (SSSR count). The summed E-state index contributed by atoms with van der Waals surface area (Å²) in [4.78, 5) is 8.01. The summed E-state index contributed by atoms with van der Waals surface area (Å²) in [7, 11) is 0. The van der Waals surface area contributed by atoms with Gasteiger partial charge in [0.05, 0.1) is 5.69 Å². The minimum absolute atomic E-state index is 0.192. The lowest BCUT2D eigenvalue weighted by Crippen LogP contribution is -2.06. The van der Waals surface area contributed by atoms with E-state index in [0.29, 0.717) is 16.0 Å². The van der Waals surface area contributed by atoms with Gasteiger partial charge in [-0.05, 0) is 31.2 Å². The number of nitrogens with zero attached hydrogens (tertiary/aromatic N) is 2. The van der Waals surface area contributed by atoms with Crippen LogP contribution in [0.3, 0.4) is 0 Å². The lowest BCUT2D eigenvalue weighted by atomic mass is 10.1. The average molecular weight is 297 g/mol. The molecule has 0 aliphatic heterocycles. The van der Waals surface area contributed by atoms with E-state index in [1.807, 2.05) is 0 Å². The summed E-state index contributed by atoms with van der Waals surface area (Å²) < 4.78 is 14.3. The van der Waals surface area contributed by atoms with Crippen LogP contribution in [0.1, 0.15) is 23.2 Å². The maximum Gasteiger partial charge on any atom is 0.129 e. The highest BCUT2D eigenvalue weighted by atomic mass is 79.9. The number of aryl methyl sites for hydroxylation is 1. The molecule has 5 heteroatoms. The third-order valence-corrected chi connectivity index (χ3v) is 2.82. The number of hydrogen-bond acceptors (Lipinski definition) is 3. The van der Waals surface area contributed by atoms with Crippen LogP contribution in [-0.4, -0.2) is 15.1 Å². The Morgan fingerprint density at radius 1 is 1.35 bits per heavy atom. The summed E-state index contributed by atoms with van der Waals surface area (Å²) in [6, 6.07) is 5.99. The summed E-state index contributed by atoms with van der Waals surface area (Å²) >= 11 is 3.24. The Morgan fingerprint density at radius 2 is 2.12 bits per heavy atom. The van der Waals surface area contributed by atoms with Crippen LogP contribution < -0.4 is 0 Å². The molecule has 1 aromatic carbocycles. The first-order valence-corrected chi connectivity index (χ1v) is 5.80. The molecule has 0 spiro atoms. The summed E-state index contributed by atoms with van der Waals surface area (Å²) in [5.74, 6) is 0.0777. The van der Waals surface area contributed by atoms with E-state index < -0.39 is 11.9 Å². The van der Waals surface area contributed by atoms with Gasteiger partial charge in [-0.25, -0.2) is 14.4 Å². The van der Waals surface area contributed by atoms with E-state index in [-0.39, 0.29) is 5.56 Å². The van der Waals surface area contributed by atoms with E-state index in [1.54, 1.807) is 19.1 Å². The van der Waals surface area contributed by atoms with Crippen LogP contribution in [0.25, 0.3) is 0 Å². The van der Waals surface area contributed by atoms with E-state index in [4.69, 9.17) is 0 Å². The Morgan fingerprint density at radius 3 is 2.82 bits per heavy atom. The Bertz CT molecular complexity index is 548. The molecular weight excluding hydrogens is 287 g/mol. The second-order valence-electron chi connectivity index (χ2n) is 3.60. The Balaban J connectivity index is 2.43. The Labute approximate surface area is 106 Å². The van der Waals surface area contributed by atoms with E-state index in [0.717, 1.165) is 0 Å². The lowest BCUT2D eigenvalue weighted by molar-refractivity contribution is 0.209. The monoisotopic (exact) mass is 296 g/mol. The summed E-state index contributed by atoms with van der Waals surface area (Å²) in [6.07, 6.45) is 0.450. The van der Waals surface area contributed by atoms with Crippen molar-refractivity contribution in [2.24, 2.45) is 0 Å². The molecule has 0 bridgehead atoms. The molecule has 2 aromatic rings. The zero-order valence-electron chi connectivity index (χ0n) is 9.06. The highest BCUT2D eigenvalue weighted by Crippen LogP contribution is 2.25. The van der Waals surface area contributed by atoms with Gasteiger partial charge < -0.3 is 5.11 Å². The maximum atomic E-state index is 13.6.